The average molecular weight is 355 g/mol. The Morgan fingerprint density at radius 3 is 2.42 bits per heavy atom. The second-order valence-corrected chi connectivity index (χ2v) is 5.16. The Morgan fingerprint density at radius 2 is 1.73 bits per heavy atom. The Morgan fingerprint density at radius 1 is 1.00 bits per heavy atom. The molecule has 0 bridgehead atoms. The molecule has 2 aromatic carbocycles. The van der Waals surface area contributed by atoms with Crippen molar-refractivity contribution in [3.63, 3.8) is 0 Å². The topological polar surface area (TPSA) is 146 Å². The van der Waals surface area contributed by atoms with Crippen LogP contribution in [0.25, 0.3) is 11.0 Å². The number of nitrogens with one attached hydrogen (secondary N) is 1. The van der Waals surface area contributed by atoms with Gasteiger partial charge in [-0.3, -0.25) is 25.0 Å². The molecule has 3 aromatic rings. The van der Waals surface area contributed by atoms with Crippen LogP contribution in [0, 0.1) is 20.2 Å². The van der Waals surface area contributed by atoms with Gasteiger partial charge in [-0.2, -0.15) is 0 Å². The van der Waals surface area contributed by atoms with Crippen molar-refractivity contribution < 1.29 is 19.1 Å². The van der Waals surface area contributed by atoms with Crippen LogP contribution < -0.4 is 10.9 Å². The zero-order chi connectivity index (χ0) is 18.8. The largest absolute Gasteiger partial charge is 0.422 e. The summed E-state index contributed by atoms with van der Waals surface area (Å²) < 4.78 is 4.99. The minimum atomic E-state index is -0.970. The summed E-state index contributed by atoms with van der Waals surface area (Å²) >= 11 is 0. The van der Waals surface area contributed by atoms with E-state index < -0.39 is 26.9 Å². The summed E-state index contributed by atoms with van der Waals surface area (Å²) in [6.07, 6.45) is 0. The number of anilines is 1. The lowest BCUT2D eigenvalue weighted by molar-refractivity contribution is -0.384. The van der Waals surface area contributed by atoms with Crippen LogP contribution in [0.15, 0.2) is 57.7 Å². The number of para-hydroxylation sites is 2. The number of hydrogen-bond acceptors (Lipinski definition) is 7. The molecule has 1 aromatic heterocycles. The van der Waals surface area contributed by atoms with Crippen LogP contribution in [0.4, 0.5) is 17.1 Å². The summed E-state index contributed by atoms with van der Waals surface area (Å²) in [5.74, 6) is -0.929. The summed E-state index contributed by atoms with van der Waals surface area (Å²) in [6, 6.07) is 10.1. The third-order valence-electron chi connectivity index (χ3n) is 3.52. The fourth-order valence-corrected chi connectivity index (χ4v) is 2.31. The van der Waals surface area contributed by atoms with Gasteiger partial charge in [0.05, 0.1) is 9.85 Å². The first-order chi connectivity index (χ1) is 12.4. The number of carbonyl (C=O) groups is 1. The van der Waals surface area contributed by atoms with Crippen LogP contribution in [-0.4, -0.2) is 15.8 Å². The van der Waals surface area contributed by atoms with Gasteiger partial charge in [0.2, 0.25) is 0 Å². The number of rotatable bonds is 4. The van der Waals surface area contributed by atoms with E-state index in [0.717, 1.165) is 12.1 Å². The maximum Gasteiger partial charge on any atom is 0.349 e. The van der Waals surface area contributed by atoms with E-state index in [2.05, 4.69) is 5.32 Å². The third-order valence-corrected chi connectivity index (χ3v) is 3.52. The first-order valence-corrected chi connectivity index (χ1v) is 7.14. The predicted octanol–water partition coefficient (Wildman–Crippen LogP) is 2.86. The Bertz CT molecular complexity index is 1120. The fourth-order valence-electron chi connectivity index (χ4n) is 2.31. The molecule has 0 unspecified atom stereocenters. The molecule has 1 amide bonds. The quantitative estimate of drug-likeness (QED) is 0.430. The van der Waals surface area contributed by atoms with Crippen molar-refractivity contribution in [2.24, 2.45) is 0 Å². The average Bonchev–Trinajstić information content (AvgIpc) is 2.60. The lowest BCUT2D eigenvalue weighted by Gasteiger charge is -2.06. The molecule has 3 rings (SSSR count). The molecule has 0 spiro atoms. The normalized spacial score (nSPS) is 10.5. The van der Waals surface area contributed by atoms with Gasteiger partial charge in [0.25, 0.3) is 17.3 Å². The van der Waals surface area contributed by atoms with Crippen LogP contribution in [0.3, 0.4) is 0 Å². The van der Waals surface area contributed by atoms with Crippen LogP contribution in [0.2, 0.25) is 0 Å². The van der Waals surface area contributed by atoms with Crippen molar-refractivity contribution in [1.29, 1.82) is 0 Å². The monoisotopic (exact) mass is 355 g/mol. The predicted molar refractivity (Wildman–Crippen MR) is 90.2 cm³/mol. The lowest BCUT2D eigenvalue weighted by atomic mass is 10.1. The number of amides is 1. The Hall–Kier alpha value is -4.08. The molecule has 0 fully saturated rings. The van der Waals surface area contributed by atoms with Crippen molar-refractivity contribution in [2.45, 2.75) is 0 Å². The second kappa shape index (κ2) is 6.43. The molecular weight excluding hydrogens is 346 g/mol. The molecule has 0 saturated carbocycles. The minimum absolute atomic E-state index is 0.0721. The molecule has 0 atom stereocenters. The molecule has 0 aliphatic rings. The summed E-state index contributed by atoms with van der Waals surface area (Å²) in [5.41, 5.74) is -2.01. The summed E-state index contributed by atoms with van der Waals surface area (Å²) in [4.78, 5) is 44.9. The van der Waals surface area contributed by atoms with Gasteiger partial charge in [0.1, 0.15) is 16.8 Å². The number of benzene rings is 2. The summed E-state index contributed by atoms with van der Waals surface area (Å²) in [7, 11) is 0. The number of nitrogens with zero attached hydrogens (tertiary/aromatic N) is 2. The van der Waals surface area contributed by atoms with E-state index in [1.54, 1.807) is 0 Å². The van der Waals surface area contributed by atoms with Crippen molar-refractivity contribution in [2.75, 3.05) is 5.32 Å². The molecule has 10 heteroatoms. The third kappa shape index (κ3) is 3.11. The Labute approximate surface area is 144 Å². The SMILES string of the molecule is O=C(Nc1ccccc1[N+](=O)[O-])c1cc2cc([N+](=O)[O-])ccc2oc1=O. The molecule has 0 aliphatic heterocycles. The van der Waals surface area contributed by atoms with Crippen molar-refractivity contribution in [3.05, 3.63) is 84.7 Å². The van der Waals surface area contributed by atoms with E-state index in [1.165, 1.54) is 36.4 Å². The molecule has 0 aliphatic carbocycles. The lowest BCUT2D eigenvalue weighted by Crippen LogP contribution is -2.21. The zero-order valence-corrected chi connectivity index (χ0v) is 12.9. The van der Waals surface area contributed by atoms with Crippen LogP contribution in [0.5, 0.6) is 0 Å². The molecule has 130 valence electrons. The molecule has 0 saturated heterocycles. The second-order valence-electron chi connectivity index (χ2n) is 5.16. The molecule has 1 N–H and O–H groups in total. The maximum absolute atomic E-state index is 12.3. The first kappa shape index (κ1) is 16.8. The number of nitro groups is 2. The van der Waals surface area contributed by atoms with E-state index in [-0.39, 0.29) is 28.0 Å². The maximum atomic E-state index is 12.3. The molecule has 1 heterocycles. The first-order valence-electron chi connectivity index (χ1n) is 7.14. The number of nitro benzene ring substituents is 2. The van der Waals surface area contributed by atoms with Gasteiger partial charge in [-0.25, -0.2) is 4.79 Å². The van der Waals surface area contributed by atoms with E-state index in [4.69, 9.17) is 4.42 Å². The smallest absolute Gasteiger partial charge is 0.349 e. The van der Waals surface area contributed by atoms with Gasteiger partial charge in [0, 0.05) is 23.6 Å². The molecule has 0 radical (unpaired) electrons. The van der Waals surface area contributed by atoms with Gasteiger partial charge < -0.3 is 9.73 Å². The number of hydrogen-bond donors (Lipinski definition) is 1. The Kier molecular flexibility index (Phi) is 4.15. The van der Waals surface area contributed by atoms with Gasteiger partial charge in [-0.15, -0.1) is 0 Å². The highest BCUT2D eigenvalue weighted by atomic mass is 16.6. The summed E-state index contributed by atoms with van der Waals surface area (Å²) in [5, 5.41) is 24.3. The number of non-ortho nitro benzene ring substituents is 1. The Balaban J connectivity index is 2.03. The van der Waals surface area contributed by atoms with Gasteiger partial charge in [-0.05, 0) is 18.2 Å². The van der Waals surface area contributed by atoms with E-state index >= 15 is 0 Å². The van der Waals surface area contributed by atoms with Gasteiger partial charge >= 0.3 is 5.63 Å². The zero-order valence-electron chi connectivity index (χ0n) is 12.9. The van der Waals surface area contributed by atoms with Crippen LogP contribution in [-0.2, 0) is 0 Å². The number of fused-ring (bicyclic) bond motifs is 1. The van der Waals surface area contributed by atoms with Gasteiger partial charge in [-0.1, -0.05) is 12.1 Å². The highest BCUT2D eigenvalue weighted by Gasteiger charge is 2.19. The molecule has 10 nitrogen and oxygen atoms in total. The van der Waals surface area contributed by atoms with Crippen molar-refractivity contribution in [1.82, 2.24) is 0 Å². The van der Waals surface area contributed by atoms with E-state index in [9.17, 15) is 29.8 Å². The van der Waals surface area contributed by atoms with E-state index in [0.29, 0.717) is 0 Å². The van der Waals surface area contributed by atoms with Crippen LogP contribution >= 0.6 is 0 Å². The van der Waals surface area contributed by atoms with Gasteiger partial charge in [0.15, 0.2) is 0 Å². The molecular formula is C16H9N3O7. The van der Waals surface area contributed by atoms with Crippen molar-refractivity contribution >= 4 is 33.9 Å². The highest BCUT2D eigenvalue weighted by Crippen LogP contribution is 2.24. The van der Waals surface area contributed by atoms with Crippen molar-refractivity contribution in [3.8, 4) is 0 Å². The summed E-state index contributed by atoms with van der Waals surface area (Å²) in [6.45, 7) is 0. The highest BCUT2D eigenvalue weighted by molar-refractivity contribution is 6.06. The molecule has 26 heavy (non-hydrogen) atoms. The number of carbonyl (C=O) groups excluding carboxylic acids is 1. The standard InChI is InChI=1S/C16H9N3O7/c20-15(17-12-3-1-2-4-13(12)19(24)25)11-8-9-7-10(18(22)23)5-6-14(9)26-16(11)21/h1-8H,(H,17,20). The fraction of sp³-hybridized carbons (Fsp3) is 0. The minimum Gasteiger partial charge on any atom is -0.422 e. The van der Waals surface area contributed by atoms with E-state index in [1.807, 2.05) is 0 Å². The van der Waals surface area contributed by atoms with Crippen LogP contribution in [0.1, 0.15) is 10.4 Å².